The Bertz CT molecular complexity index is 617. The zero-order valence-corrected chi connectivity index (χ0v) is 13.8. The molecule has 0 aromatic heterocycles. The molecule has 0 spiro atoms. The summed E-state index contributed by atoms with van der Waals surface area (Å²) in [5.41, 5.74) is 0.936. The maximum atomic E-state index is 12.6. The minimum atomic E-state index is -4.50. The second-order valence-electron chi connectivity index (χ2n) is 5.75. The van der Waals surface area contributed by atoms with Gasteiger partial charge in [0.05, 0.1) is 4.90 Å². The standard InChI is InChI=1S/C15H19F2NO2S2/c16-15(17)22(19,20)12-7-5-11(6-8-12)18-9-10-21-14-4-2-1-3-13(14)18/h5-8,13-15H,1-4,9-10H2. The van der Waals surface area contributed by atoms with E-state index < -0.39 is 15.6 Å². The van der Waals surface area contributed by atoms with E-state index in [2.05, 4.69) is 4.90 Å². The van der Waals surface area contributed by atoms with Gasteiger partial charge in [0, 0.05) is 29.3 Å². The molecule has 1 aromatic rings. The molecule has 2 aliphatic rings. The number of anilines is 1. The first-order chi connectivity index (χ1) is 10.5. The van der Waals surface area contributed by atoms with E-state index in [1.807, 2.05) is 11.8 Å². The monoisotopic (exact) mass is 347 g/mol. The molecule has 1 saturated carbocycles. The predicted octanol–water partition coefficient (Wildman–Crippen LogP) is 3.55. The topological polar surface area (TPSA) is 37.4 Å². The van der Waals surface area contributed by atoms with Crippen LogP contribution in [-0.2, 0) is 9.84 Å². The average Bonchev–Trinajstić information content (AvgIpc) is 2.54. The lowest BCUT2D eigenvalue weighted by molar-refractivity contribution is 0.234. The van der Waals surface area contributed by atoms with Crippen molar-refractivity contribution >= 4 is 27.3 Å². The highest BCUT2D eigenvalue weighted by atomic mass is 32.2. The Kier molecular flexibility index (Phi) is 4.64. The summed E-state index contributed by atoms with van der Waals surface area (Å²) in [7, 11) is -4.50. The maximum Gasteiger partial charge on any atom is 0.341 e. The molecule has 0 radical (unpaired) electrons. The summed E-state index contributed by atoms with van der Waals surface area (Å²) in [6.45, 7) is 0.923. The number of nitrogens with zero attached hydrogens (tertiary/aromatic N) is 1. The Hall–Kier alpha value is -0.820. The molecular formula is C15H19F2NO2S2. The molecule has 22 heavy (non-hydrogen) atoms. The third-order valence-corrected chi connectivity index (χ3v) is 7.26. The Balaban J connectivity index is 1.83. The first-order valence-electron chi connectivity index (χ1n) is 7.50. The summed E-state index contributed by atoms with van der Waals surface area (Å²) >= 11 is 2.02. The number of halogens is 2. The number of fused-ring (bicyclic) bond motifs is 1. The lowest BCUT2D eigenvalue weighted by atomic mass is 9.93. The fourth-order valence-corrected chi connectivity index (χ4v) is 5.51. The highest BCUT2D eigenvalue weighted by Gasteiger charge is 2.34. The van der Waals surface area contributed by atoms with Gasteiger partial charge in [-0.2, -0.15) is 20.5 Å². The van der Waals surface area contributed by atoms with E-state index in [0.29, 0.717) is 11.3 Å². The van der Waals surface area contributed by atoms with Crippen molar-refractivity contribution in [1.29, 1.82) is 0 Å². The summed E-state index contributed by atoms with van der Waals surface area (Å²) in [6.07, 6.45) is 4.86. The molecular weight excluding hydrogens is 328 g/mol. The summed E-state index contributed by atoms with van der Waals surface area (Å²) in [6, 6.07) is 6.41. The molecule has 1 saturated heterocycles. The minimum Gasteiger partial charge on any atom is -0.367 e. The molecule has 0 amide bonds. The summed E-state index contributed by atoms with van der Waals surface area (Å²) in [5, 5.41) is 0.631. The van der Waals surface area contributed by atoms with Crippen molar-refractivity contribution in [1.82, 2.24) is 0 Å². The van der Waals surface area contributed by atoms with E-state index in [1.165, 1.54) is 31.4 Å². The average molecular weight is 347 g/mol. The van der Waals surface area contributed by atoms with E-state index in [-0.39, 0.29) is 4.90 Å². The Morgan fingerprint density at radius 1 is 1.14 bits per heavy atom. The van der Waals surface area contributed by atoms with E-state index in [9.17, 15) is 17.2 Å². The molecule has 122 valence electrons. The predicted molar refractivity (Wildman–Crippen MR) is 85.5 cm³/mol. The SMILES string of the molecule is O=S(=O)(c1ccc(N2CCSC3CCCCC32)cc1)C(F)F. The van der Waals surface area contributed by atoms with Gasteiger partial charge >= 0.3 is 5.76 Å². The number of rotatable bonds is 3. The molecule has 2 atom stereocenters. The van der Waals surface area contributed by atoms with Crippen molar-refractivity contribution in [2.45, 2.75) is 47.6 Å². The second-order valence-corrected chi connectivity index (χ2v) is 9.02. The van der Waals surface area contributed by atoms with E-state index in [0.717, 1.165) is 24.4 Å². The first-order valence-corrected chi connectivity index (χ1v) is 10.1. The van der Waals surface area contributed by atoms with Gasteiger partial charge < -0.3 is 4.90 Å². The van der Waals surface area contributed by atoms with Gasteiger partial charge in [0.1, 0.15) is 0 Å². The number of sulfone groups is 1. The molecule has 0 bridgehead atoms. The zero-order valence-electron chi connectivity index (χ0n) is 12.1. The fraction of sp³-hybridized carbons (Fsp3) is 0.600. The molecule has 3 rings (SSSR count). The van der Waals surface area contributed by atoms with Crippen molar-refractivity contribution in [2.24, 2.45) is 0 Å². The van der Waals surface area contributed by atoms with Crippen LogP contribution in [0, 0.1) is 0 Å². The molecule has 2 unspecified atom stereocenters. The van der Waals surface area contributed by atoms with Gasteiger partial charge in [-0.3, -0.25) is 0 Å². The highest BCUT2D eigenvalue weighted by Crippen LogP contribution is 2.38. The Morgan fingerprint density at radius 2 is 1.82 bits per heavy atom. The van der Waals surface area contributed by atoms with Gasteiger partial charge in [0.25, 0.3) is 0 Å². The molecule has 1 heterocycles. The number of hydrogen-bond donors (Lipinski definition) is 0. The Labute approximate surface area is 134 Å². The molecule has 7 heteroatoms. The maximum absolute atomic E-state index is 12.6. The van der Waals surface area contributed by atoms with Crippen LogP contribution in [0.15, 0.2) is 29.2 Å². The normalized spacial score (nSPS) is 26.0. The number of benzene rings is 1. The van der Waals surface area contributed by atoms with Crippen molar-refractivity contribution in [3.63, 3.8) is 0 Å². The van der Waals surface area contributed by atoms with Crippen LogP contribution in [0.1, 0.15) is 25.7 Å². The molecule has 3 nitrogen and oxygen atoms in total. The lowest BCUT2D eigenvalue weighted by Gasteiger charge is -2.45. The van der Waals surface area contributed by atoms with E-state index >= 15 is 0 Å². The van der Waals surface area contributed by atoms with Crippen molar-refractivity contribution in [2.75, 3.05) is 17.2 Å². The van der Waals surface area contributed by atoms with Gasteiger partial charge in [-0.05, 0) is 37.1 Å². The van der Waals surface area contributed by atoms with Gasteiger partial charge in [-0.15, -0.1) is 0 Å². The van der Waals surface area contributed by atoms with Crippen LogP contribution in [0.25, 0.3) is 0 Å². The molecule has 2 fully saturated rings. The highest BCUT2D eigenvalue weighted by molar-refractivity contribution is 8.00. The third kappa shape index (κ3) is 2.97. The third-order valence-electron chi connectivity index (χ3n) is 4.46. The number of alkyl halides is 2. The van der Waals surface area contributed by atoms with Gasteiger partial charge in [0.2, 0.25) is 9.84 Å². The van der Waals surface area contributed by atoms with Gasteiger partial charge in [-0.1, -0.05) is 12.8 Å². The summed E-state index contributed by atoms with van der Waals surface area (Å²) in [5.74, 6) is -2.31. The molecule has 1 aromatic carbocycles. The van der Waals surface area contributed by atoms with E-state index in [4.69, 9.17) is 0 Å². The van der Waals surface area contributed by atoms with Crippen LogP contribution in [0.3, 0.4) is 0 Å². The van der Waals surface area contributed by atoms with Crippen LogP contribution in [0.4, 0.5) is 14.5 Å². The van der Waals surface area contributed by atoms with Gasteiger partial charge in [0.15, 0.2) is 0 Å². The largest absolute Gasteiger partial charge is 0.367 e. The zero-order chi connectivity index (χ0) is 15.7. The quantitative estimate of drug-likeness (QED) is 0.838. The number of thioether (sulfide) groups is 1. The molecule has 1 aliphatic carbocycles. The van der Waals surface area contributed by atoms with Crippen LogP contribution >= 0.6 is 11.8 Å². The van der Waals surface area contributed by atoms with Gasteiger partial charge in [-0.25, -0.2) is 8.42 Å². The van der Waals surface area contributed by atoms with Crippen LogP contribution in [0.5, 0.6) is 0 Å². The number of hydrogen-bond acceptors (Lipinski definition) is 4. The lowest BCUT2D eigenvalue weighted by Crippen LogP contribution is -2.49. The first kappa shape index (κ1) is 16.1. The fourth-order valence-electron chi connectivity index (χ4n) is 3.35. The van der Waals surface area contributed by atoms with E-state index in [1.54, 1.807) is 12.1 Å². The summed E-state index contributed by atoms with van der Waals surface area (Å²) in [4.78, 5) is 2.01. The molecule has 1 aliphatic heterocycles. The Morgan fingerprint density at radius 3 is 2.50 bits per heavy atom. The minimum absolute atomic E-state index is 0.308. The van der Waals surface area contributed by atoms with Crippen LogP contribution in [-0.4, -0.2) is 37.8 Å². The smallest absolute Gasteiger partial charge is 0.341 e. The van der Waals surface area contributed by atoms with Crippen molar-refractivity contribution < 1.29 is 17.2 Å². The molecule has 0 N–H and O–H groups in total. The van der Waals surface area contributed by atoms with Crippen molar-refractivity contribution in [3.8, 4) is 0 Å². The summed E-state index contributed by atoms with van der Waals surface area (Å²) < 4.78 is 48.1. The van der Waals surface area contributed by atoms with Crippen LogP contribution in [0.2, 0.25) is 0 Å². The second kappa shape index (κ2) is 6.35. The van der Waals surface area contributed by atoms with Crippen molar-refractivity contribution in [3.05, 3.63) is 24.3 Å². The van der Waals surface area contributed by atoms with Crippen LogP contribution < -0.4 is 4.90 Å².